The minimum absolute atomic E-state index is 0. The number of nitrogens with zero attached hydrogens (tertiary/aromatic N) is 1. The zero-order valence-electron chi connectivity index (χ0n) is 14.2. The fourth-order valence-corrected chi connectivity index (χ4v) is 3.62. The van der Waals surface area contributed by atoms with Crippen molar-refractivity contribution in [1.82, 2.24) is 10.2 Å². The van der Waals surface area contributed by atoms with Gasteiger partial charge in [0, 0.05) is 36.7 Å². The van der Waals surface area contributed by atoms with Gasteiger partial charge in [-0.15, -0.1) is 24.8 Å². The van der Waals surface area contributed by atoms with Crippen molar-refractivity contribution < 1.29 is 13.2 Å². The van der Waals surface area contributed by atoms with Gasteiger partial charge in [0.25, 0.3) is 0 Å². The summed E-state index contributed by atoms with van der Waals surface area (Å²) in [5.41, 5.74) is 0.196. The van der Waals surface area contributed by atoms with Crippen LogP contribution in [0.1, 0.15) is 49.8 Å². The predicted octanol–water partition coefficient (Wildman–Crippen LogP) is 5.84. The molecule has 1 saturated heterocycles. The highest BCUT2D eigenvalue weighted by Gasteiger charge is 2.32. The largest absolute Gasteiger partial charge is 0.416 e. The van der Waals surface area contributed by atoms with Crippen molar-refractivity contribution >= 4 is 40.7 Å². The zero-order chi connectivity index (χ0) is 16.9. The quantitative estimate of drug-likeness (QED) is 0.531. The summed E-state index contributed by atoms with van der Waals surface area (Å²) in [4.78, 5) is 2.31. The van der Waals surface area contributed by atoms with E-state index < -0.39 is 11.7 Å². The average Bonchev–Trinajstić information content (AvgIpc) is 2.51. The highest BCUT2D eigenvalue weighted by molar-refractivity contribution is 9.10. The van der Waals surface area contributed by atoms with Crippen LogP contribution < -0.4 is 5.32 Å². The number of hydrogen-bond donors (Lipinski definition) is 1. The van der Waals surface area contributed by atoms with E-state index in [9.17, 15) is 13.2 Å². The van der Waals surface area contributed by atoms with E-state index in [1.807, 2.05) is 6.07 Å². The third-order valence-corrected chi connectivity index (χ3v) is 4.76. The maximum absolute atomic E-state index is 13.1. The second kappa shape index (κ2) is 11.7. The standard InChI is InChI=1S/C17H24BrF3N2.2ClH/c1-2-3-4-5-16(23-8-6-22-7-9-23)13-10-14(17(19,20)21)12-15(18)11-13;;/h10-12,16,22H,2-9H2,1H3;2*1H/t16-;;/m1../s1. The maximum atomic E-state index is 13.1. The first-order chi connectivity index (χ1) is 10.9. The summed E-state index contributed by atoms with van der Waals surface area (Å²) >= 11 is 3.25. The lowest BCUT2D eigenvalue weighted by atomic mass is 9.96. The van der Waals surface area contributed by atoms with Crippen LogP contribution in [-0.2, 0) is 6.18 Å². The van der Waals surface area contributed by atoms with Crippen molar-refractivity contribution in [2.75, 3.05) is 26.2 Å². The van der Waals surface area contributed by atoms with Crippen molar-refractivity contribution in [2.24, 2.45) is 0 Å². The molecule has 0 spiro atoms. The Morgan fingerprint density at radius 3 is 2.32 bits per heavy atom. The molecular weight excluding hydrogens is 440 g/mol. The van der Waals surface area contributed by atoms with Crippen LogP contribution in [0.5, 0.6) is 0 Å². The number of halogens is 6. The van der Waals surface area contributed by atoms with Crippen molar-refractivity contribution in [3.05, 3.63) is 33.8 Å². The normalized spacial score (nSPS) is 16.7. The molecule has 8 heteroatoms. The molecule has 0 saturated carbocycles. The summed E-state index contributed by atoms with van der Waals surface area (Å²) in [5.74, 6) is 0. The van der Waals surface area contributed by atoms with E-state index in [1.165, 1.54) is 6.07 Å². The Labute approximate surface area is 168 Å². The molecule has 25 heavy (non-hydrogen) atoms. The SMILES string of the molecule is CCCCC[C@H](c1cc(Br)cc(C(F)(F)F)c1)N1CCNCC1.Cl.Cl. The molecule has 1 aliphatic heterocycles. The number of unbranched alkanes of at least 4 members (excludes halogenated alkanes) is 2. The lowest BCUT2D eigenvalue weighted by Crippen LogP contribution is -2.45. The minimum atomic E-state index is -4.31. The molecule has 0 aromatic heterocycles. The Kier molecular flexibility index (Phi) is 11.6. The van der Waals surface area contributed by atoms with Crippen LogP contribution in [0.15, 0.2) is 22.7 Å². The molecule has 2 nitrogen and oxygen atoms in total. The maximum Gasteiger partial charge on any atom is 0.416 e. The number of piperazine rings is 1. The lowest BCUT2D eigenvalue weighted by molar-refractivity contribution is -0.137. The fraction of sp³-hybridized carbons (Fsp3) is 0.647. The first-order valence-electron chi connectivity index (χ1n) is 8.24. The van der Waals surface area contributed by atoms with Gasteiger partial charge in [-0.25, -0.2) is 0 Å². The van der Waals surface area contributed by atoms with E-state index >= 15 is 0 Å². The van der Waals surface area contributed by atoms with Gasteiger partial charge < -0.3 is 5.32 Å². The molecular formula is C17H26BrCl2F3N2. The van der Waals surface area contributed by atoms with Crippen molar-refractivity contribution in [3.63, 3.8) is 0 Å². The molecule has 1 aromatic rings. The third-order valence-electron chi connectivity index (χ3n) is 4.31. The van der Waals surface area contributed by atoms with Crippen LogP contribution >= 0.6 is 40.7 Å². The van der Waals surface area contributed by atoms with Crippen LogP contribution in [-0.4, -0.2) is 31.1 Å². The predicted molar refractivity (Wildman–Crippen MR) is 105 cm³/mol. The summed E-state index contributed by atoms with van der Waals surface area (Å²) in [6.07, 6.45) is -0.139. The molecule has 1 fully saturated rings. The average molecular weight is 466 g/mol. The second-order valence-corrected chi connectivity index (χ2v) is 6.98. The number of benzene rings is 1. The second-order valence-electron chi connectivity index (χ2n) is 6.07. The molecule has 1 atom stereocenters. The molecule has 1 heterocycles. The molecule has 1 aliphatic rings. The van der Waals surface area contributed by atoms with E-state index in [0.717, 1.165) is 63.5 Å². The van der Waals surface area contributed by atoms with Crippen LogP contribution in [0.25, 0.3) is 0 Å². The summed E-state index contributed by atoms with van der Waals surface area (Å²) in [5, 5.41) is 3.30. The van der Waals surface area contributed by atoms with Gasteiger partial charge in [0.05, 0.1) is 5.56 Å². The van der Waals surface area contributed by atoms with Crippen LogP contribution in [0.3, 0.4) is 0 Å². The molecule has 0 aliphatic carbocycles. The Morgan fingerprint density at radius 2 is 1.76 bits per heavy atom. The Balaban J connectivity index is 0.00000288. The topological polar surface area (TPSA) is 15.3 Å². The van der Waals surface area contributed by atoms with Crippen molar-refractivity contribution in [2.45, 2.75) is 44.8 Å². The molecule has 2 rings (SSSR count). The highest BCUT2D eigenvalue weighted by Crippen LogP contribution is 2.36. The molecule has 0 bridgehead atoms. The van der Waals surface area contributed by atoms with Gasteiger partial charge in [-0.2, -0.15) is 13.2 Å². The fourth-order valence-electron chi connectivity index (χ4n) is 3.11. The summed E-state index contributed by atoms with van der Waals surface area (Å²) < 4.78 is 39.8. The first kappa shape index (κ1) is 25.0. The molecule has 0 radical (unpaired) electrons. The van der Waals surface area contributed by atoms with Crippen LogP contribution in [0.4, 0.5) is 13.2 Å². The molecule has 0 unspecified atom stereocenters. The van der Waals surface area contributed by atoms with Gasteiger partial charge in [0.2, 0.25) is 0 Å². The number of hydrogen-bond acceptors (Lipinski definition) is 2. The van der Waals surface area contributed by atoms with Gasteiger partial charge in [0.15, 0.2) is 0 Å². The molecule has 146 valence electrons. The third kappa shape index (κ3) is 7.63. The number of nitrogens with one attached hydrogen (secondary N) is 1. The monoisotopic (exact) mass is 464 g/mol. The molecule has 1 N–H and O–H groups in total. The smallest absolute Gasteiger partial charge is 0.314 e. The van der Waals surface area contributed by atoms with Crippen LogP contribution in [0, 0.1) is 0 Å². The first-order valence-corrected chi connectivity index (χ1v) is 9.03. The van der Waals surface area contributed by atoms with E-state index in [4.69, 9.17) is 0 Å². The van der Waals surface area contributed by atoms with Crippen LogP contribution in [0.2, 0.25) is 0 Å². The summed E-state index contributed by atoms with van der Waals surface area (Å²) in [6.45, 7) is 5.69. The van der Waals surface area contributed by atoms with E-state index in [0.29, 0.717) is 4.47 Å². The van der Waals surface area contributed by atoms with Crippen molar-refractivity contribution in [1.29, 1.82) is 0 Å². The Hall–Kier alpha value is -0.0100. The lowest BCUT2D eigenvalue weighted by Gasteiger charge is -2.35. The van der Waals surface area contributed by atoms with Gasteiger partial charge in [0.1, 0.15) is 0 Å². The summed E-state index contributed by atoms with van der Waals surface area (Å²) in [6, 6.07) is 4.38. The minimum Gasteiger partial charge on any atom is -0.314 e. The van der Waals surface area contributed by atoms with E-state index in [1.54, 1.807) is 0 Å². The van der Waals surface area contributed by atoms with Gasteiger partial charge in [-0.3, -0.25) is 4.90 Å². The zero-order valence-corrected chi connectivity index (χ0v) is 17.5. The van der Waals surface area contributed by atoms with Gasteiger partial charge >= 0.3 is 6.18 Å². The summed E-state index contributed by atoms with van der Waals surface area (Å²) in [7, 11) is 0. The highest BCUT2D eigenvalue weighted by atomic mass is 79.9. The van der Waals surface area contributed by atoms with Gasteiger partial charge in [-0.1, -0.05) is 42.1 Å². The van der Waals surface area contributed by atoms with E-state index in [2.05, 4.69) is 33.1 Å². The van der Waals surface area contributed by atoms with Crippen molar-refractivity contribution in [3.8, 4) is 0 Å². The number of rotatable bonds is 6. The molecule has 1 aromatic carbocycles. The Bertz CT molecular complexity index is 509. The van der Waals surface area contributed by atoms with Gasteiger partial charge in [-0.05, 0) is 30.2 Å². The molecule has 0 amide bonds. The number of alkyl halides is 3. The Morgan fingerprint density at radius 1 is 1.12 bits per heavy atom. The van der Waals surface area contributed by atoms with E-state index in [-0.39, 0.29) is 30.9 Å².